The molecule has 4 aromatic rings. The van der Waals surface area contributed by atoms with Crippen LogP contribution < -0.4 is 9.62 Å². The number of aromatic nitrogens is 1. The van der Waals surface area contributed by atoms with Gasteiger partial charge in [0.15, 0.2) is 0 Å². The molecule has 0 aliphatic carbocycles. The van der Waals surface area contributed by atoms with Gasteiger partial charge in [0.05, 0.1) is 24.1 Å². The van der Waals surface area contributed by atoms with E-state index in [1.165, 1.54) is 0 Å². The molecule has 4 rings (SSSR count). The fourth-order valence-electron chi connectivity index (χ4n) is 3.79. The normalized spacial score (nSPS) is 11.7. The molecular weight excluding hydrogens is 515 g/mol. The number of carbonyl (C=O) groups excluding carboxylic acids is 1. The third kappa shape index (κ3) is 6.98. The fourth-order valence-corrected chi connectivity index (χ4v) is 4.68. The number of anilines is 2. The van der Waals surface area contributed by atoms with Gasteiger partial charge < -0.3 is 5.32 Å². The second kappa shape index (κ2) is 11.1. The van der Waals surface area contributed by atoms with Crippen LogP contribution in [0.3, 0.4) is 0 Å². The molecule has 38 heavy (non-hydrogen) atoms. The van der Waals surface area contributed by atoms with Crippen LogP contribution in [0.15, 0.2) is 97.3 Å². The van der Waals surface area contributed by atoms with E-state index in [0.717, 1.165) is 52.4 Å². The highest BCUT2D eigenvalue weighted by Gasteiger charge is 2.30. The lowest BCUT2D eigenvalue weighted by Gasteiger charge is -2.23. The highest BCUT2D eigenvalue weighted by atomic mass is 32.2. The molecule has 0 aliphatic rings. The van der Waals surface area contributed by atoms with Gasteiger partial charge in [-0.15, -0.1) is 0 Å². The number of hydrogen-bond donors (Lipinski definition) is 1. The third-order valence-electron chi connectivity index (χ3n) is 5.79. The topological polar surface area (TPSA) is 79.4 Å². The van der Waals surface area contributed by atoms with Crippen molar-refractivity contribution >= 4 is 27.3 Å². The van der Waals surface area contributed by atoms with Crippen molar-refractivity contribution in [2.75, 3.05) is 15.9 Å². The van der Waals surface area contributed by atoms with Crippen molar-refractivity contribution < 1.29 is 26.4 Å². The van der Waals surface area contributed by atoms with Crippen molar-refractivity contribution in [3.8, 4) is 0 Å². The van der Waals surface area contributed by atoms with Crippen molar-refractivity contribution in [2.45, 2.75) is 19.1 Å². The molecule has 0 saturated heterocycles. The molecule has 1 aromatic heterocycles. The maximum atomic E-state index is 12.9. The summed E-state index contributed by atoms with van der Waals surface area (Å²) in [5, 5.41) is 2.83. The Bertz CT molecular complexity index is 1490. The predicted molar refractivity (Wildman–Crippen MR) is 140 cm³/mol. The van der Waals surface area contributed by atoms with Crippen LogP contribution in [0.1, 0.15) is 32.6 Å². The number of alkyl halides is 3. The zero-order valence-electron chi connectivity index (χ0n) is 20.3. The number of pyridine rings is 1. The predicted octanol–water partition coefficient (Wildman–Crippen LogP) is 5.91. The standard InChI is InChI=1S/C28H24F3N3O3S/c1-38(36,37)34(26-12-8-24(9-13-26)28(29,30)31)19-22-2-6-23(7-3-22)27(35)33-25-10-4-20(5-11-25)18-21-14-16-32-17-15-21/h2-17H,18-19H2,1H3,(H,33,35). The quantitative estimate of drug-likeness (QED) is 0.302. The molecule has 0 atom stereocenters. The average molecular weight is 540 g/mol. The number of benzene rings is 3. The number of hydrogen-bond acceptors (Lipinski definition) is 4. The first kappa shape index (κ1) is 26.9. The summed E-state index contributed by atoms with van der Waals surface area (Å²) >= 11 is 0. The van der Waals surface area contributed by atoms with Crippen molar-refractivity contribution in [3.63, 3.8) is 0 Å². The molecule has 0 radical (unpaired) electrons. The Balaban J connectivity index is 1.41. The summed E-state index contributed by atoms with van der Waals surface area (Å²) in [7, 11) is -3.79. The van der Waals surface area contributed by atoms with E-state index in [1.54, 1.807) is 36.7 Å². The van der Waals surface area contributed by atoms with Crippen LogP contribution in [-0.4, -0.2) is 25.6 Å². The zero-order chi connectivity index (χ0) is 27.3. The summed E-state index contributed by atoms with van der Waals surface area (Å²) in [6, 6.07) is 21.6. The molecule has 0 fully saturated rings. The first-order valence-electron chi connectivity index (χ1n) is 11.5. The number of rotatable bonds is 8. The van der Waals surface area contributed by atoms with Crippen LogP contribution in [0.25, 0.3) is 0 Å². The number of nitrogens with zero attached hydrogens (tertiary/aromatic N) is 2. The van der Waals surface area contributed by atoms with Gasteiger partial charge in [-0.25, -0.2) is 8.42 Å². The average Bonchev–Trinajstić information content (AvgIpc) is 2.88. The summed E-state index contributed by atoms with van der Waals surface area (Å²) in [6.45, 7) is -0.106. The second-order valence-electron chi connectivity index (χ2n) is 8.69. The highest BCUT2D eigenvalue weighted by Crippen LogP contribution is 2.31. The minimum Gasteiger partial charge on any atom is -0.322 e. The van der Waals surface area contributed by atoms with Gasteiger partial charge in [0.1, 0.15) is 0 Å². The van der Waals surface area contributed by atoms with Gasteiger partial charge in [0.2, 0.25) is 10.0 Å². The lowest BCUT2D eigenvalue weighted by molar-refractivity contribution is -0.137. The van der Waals surface area contributed by atoms with E-state index in [2.05, 4.69) is 10.3 Å². The lowest BCUT2D eigenvalue weighted by atomic mass is 10.1. The van der Waals surface area contributed by atoms with E-state index < -0.39 is 21.8 Å². The Kier molecular flexibility index (Phi) is 7.82. The number of amides is 1. The van der Waals surface area contributed by atoms with Crippen LogP contribution in [0.5, 0.6) is 0 Å². The molecule has 0 spiro atoms. The first-order chi connectivity index (χ1) is 18.0. The second-order valence-corrected chi connectivity index (χ2v) is 10.6. The highest BCUT2D eigenvalue weighted by molar-refractivity contribution is 7.92. The Morgan fingerprint density at radius 2 is 1.37 bits per heavy atom. The van der Waals surface area contributed by atoms with Gasteiger partial charge in [0, 0.05) is 23.6 Å². The molecule has 10 heteroatoms. The number of carbonyl (C=O) groups is 1. The Morgan fingerprint density at radius 1 is 0.816 bits per heavy atom. The van der Waals surface area contributed by atoms with Crippen LogP contribution in [-0.2, 0) is 29.2 Å². The maximum Gasteiger partial charge on any atom is 0.416 e. The summed E-state index contributed by atoms with van der Waals surface area (Å²) in [4.78, 5) is 16.7. The van der Waals surface area contributed by atoms with Crippen molar-refractivity contribution in [2.24, 2.45) is 0 Å². The molecule has 1 amide bonds. The summed E-state index contributed by atoms with van der Waals surface area (Å²) in [5.74, 6) is -0.332. The van der Waals surface area contributed by atoms with E-state index >= 15 is 0 Å². The minimum atomic E-state index is -4.52. The van der Waals surface area contributed by atoms with Crippen molar-refractivity contribution in [3.05, 3.63) is 125 Å². The van der Waals surface area contributed by atoms with Gasteiger partial charge in [-0.05, 0) is 83.8 Å². The van der Waals surface area contributed by atoms with E-state index in [9.17, 15) is 26.4 Å². The molecule has 1 N–H and O–H groups in total. The molecule has 0 bridgehead atoms. The van der Waals surface area contributed by atoms with Crippen LogP contribution in [0.4, 0.5) is 24.5 Å². The van der Waals surface area contributed by atoms with E-state index in [1.807, 2.05) is 36.4 Å². The Morgan fingerprint density at radius 3 is 1.92 bits per heavy atom. The van der Waals surface area contributed by atoms with Crippen LogP contribution in [0, 0.1) is 0 Å². The molecule has 0 unspecified atom stereocenters. The largest absolute Gasteiger partial charge is 0.416 e. The fraction of sp³-hybridized carbons (Fsp3) is 0.143. The molecule has 0 aliphatic heterocycles. The zero-order valence-corrected chi connectivity index (χ0v) is 21.1. The SMILES string of the molecule is CS(=O)(=O)N(Cc1ccc(C(=O)Nc2ccc(Cc3ccncc3)cc2)cc1)c1ccc(C(F)(F)F)cc1. The van der Waals surface area contributed by atoms with Crippen LogP contribution >= 0.6 is 0 Å². The summed E-state index contributed by atoms with van der Waals surface area (Å²) in [5.41, 5.74) is 3.01. The van der Waals surface area contributed by atoms with Crippen LogP contribution in [0.2, 0.25) is 0 Å². The van der Waals surface area contributed by atoms with Gasteiger partial charge in [-0.2, -0.15) is 13.2 Å². The Hall–Kier alpha value is -4.18. The monoisotopic (exact) mass is 539 g/mol. The number of sulfonamides is 1. The first-order valence-corrected chi connectivity index (χ1v) is 13.4. The van der Waals surface area contributed by atoms with E-state index in [-0.39, 0.29) is 18.1 Å². The number of halogens is 3. The minimum absolute atomic E-state index is 0.106. The summed E-state index contributed by atoms with van der Waals surface area (Å²) in [6.07, 6.45) is 0.683. The maximum absolute atomic E-state index is 12.9. The lowest BCUT2D eigenvalue weighted by Crippen LogP contribution is -2.29. The van der Waals surface area contributed by atoms with Gasteiger partial charge in [-0.1, -0.05) is 24.3 Å². The van der Waals surface area contributed by atoms with E-state index in [0.29, 0.717) is 16.8 Å². The third-order valence-corrected chi connectivity index (χ3v) is 6.94. The summed E-state index contributed by atoms with van der Waals surface area (Å²) < 4.78 is 64.4. The molecule has 1 heterocycles. The number of nitrogens with one attached hydrogen (secondary N) is 1. The van der Waals surface area contributed by atoms with Crippen molar-refractivity contribution in [1.29, 1.82) is 0 Å². The van der Waals surface area contributed by atoms with Crippen molar-refractivity contribution in [1.82, 2.24) is 4.98 Å². The molecule has 0 saturated carbocycles. The van der Waals surface area contributed by atoms with Gasteiger partial charge >= 0.3 is 6.18 Å². The van der Waals surface area contributed by atoms with Gasteiger partial charge in [-0.3, -0.25) is 14.1 Å². The molecule has 6 nitrogen and oxygen atoms in total. The van der Waals surface area contributed by atoms with E-state index in [4.69, 9.17) is 0 Å². The van der Waals surface area contributed by atoms with Gasteiger partial charge in [0.25, 0.3) is 5.91 Å². The molecule has 196 valence electrons. The molecule has 3 aromatic carbocycles. The Labute approximate surface area is 218 Å². The molecular formula is C28H24F3N3O3S. The smallest absolute Gasteiger partial charge is 0.322 e.